The highest BCUT2D eigenvalue weighted by Crippen LogP contribution is 2.26. The SMILES string of the molecule is CCOc1ccc(C(=O)N(Cc2cccnc2)Cc2ccccc2-c2ccccc2)cc1. The number of amides is 1. The molecule has 3 aromatic carbocycles. The maximum absolute atomic E-state index is 13.5. The Morgan fingerprint density at radius 2 is 1.59 bits per heavy atom. The number of ether oxygens (including phenoxy) is 1. The van der Waals surface area contributed by atoms with Crippen molar-refractivity contribution >= 4 is 5.91 Å². The van der Waals surface area contributed by atoms with E-state index in [2.05, 4.69) is 29.2 Å². The Bertz CT molecular complexity index is 1140. The molecule has 160 valence electrons. The second-order valence-electron chi connectivity index (χ2n) is 7.50. The van der Waals surface area contributed by atoms with E-state index in [0.29, 0.717) is 25.3 Å². The number of nitrogens with zero attached hydrogens (tertiary/aromatic N) is 2. The first-order valence-corrected chi connectivity index (χ1v) is 10.8. The Kier molecular flexibility index (Phi) is 6.93. The van der Waals surface area contributed by atoms with E-state index < -0.39 is 0 Å². The van der Waals surface area contributed by atoms with Crippen LogP contribution in [0.2, 0.25) is 0 Å². The highest BCUT2D eigenvalue weighted by molar-refractivity contribution is 5.94. The lowest BCUT2D eigenvalue weighted by atomic mass is 9.99. The van der Waals surface area contributed by atoms with Gasteiger partial charge in [-0.1, -0.05) is 60.7 Å². The molecule has 0 saturated carbocycles. The van der Waals surface area contributed by atoms with Crippen LogP contribution >= 0.6 is 0 Å². The summed E-state index contributed by atoms with van der Waals surface area (Å²) in [6.45, 7) is 3.50. The van der Waals surface area contributed by atoms with Gasteiger partial charge >= 0.3 is 0 Å². The van der Waals surface area contributed by atoms with Gasteiger partial charge in [-0.25, -0.2) is 0 Å². The highest BCUT2D eigenvalue weighted by atomic mass is 16.5. The first-order valence-electron chi connectivity index (χ1n) is 10.8. The number of carbonyl (C=O) groups excluding carboxylic acids is 1. The minimum Gasteiger partial charge on any atom is -0.494 e. The van der Waals surface area contributed by atoms with Gasteiger partial charge in [0.25, 0.3) is 5.91 Å². The second kappa shape index (κ2) is 10.4. The van der Waals surface area contributed by atoms with Gasteiger partial charge in [-0.3, -0.25) is 9.78 Å². The summed E-state index contributed by atoms with van der Waals surface area (Å²) in [6, 6.07) is 29.7. The summed E-state index contributed by atoms with van der Waals surface area (Å²) >= 11 is 0. The van der Waals surface area contributed by atoms with Crippen LogP contribution in [0.5, 0.6) is 5.75 Å². The van der Waals surface area contributed by atoms with Gasteiger partial charge in [0, 0.05) is 31.0 Å². The van der Waals surface area contributed by atoms with E-state index in [4.69, 9.17) is 4.74 Å². The number of pyridine rings is 1. The van der Waals surface area contributed by atoms with Crippen LogP contribution in [0.3, 0.4) is 0 Å². The smallest absolute Gasteiger partial charge is 0.254 e. The van der Waals surface area contributed by atoms with Crippen molar-refractivity contribution in [2.75, 3.05) is 6.61 Å². The summed E-state index contributed by atoms with van der Waals surface area (Å²) < 4.78 is 5.52. The molecule has 0 atom stereocenters. The van der Waals surface area contributed by atoms with E-state index in [9.17, 15) is 4.79 Å². The molecule has 0 N–H and O–H groups in total. The summed E-state index contributed by atoms with van der Waals surface area (Å²) in [7, 11) is 0. The van der Waals surface area contributed by atoms with Crippen LogP contribution in [-0.2, 0) is 13.1 Å². The van der Waals surface area contributed by atoms with E-state index in [-0.39, 0.29) is 5.91 Å². The number of hydrogen-bond acceptors (Lipinski definition) is 3. The molecule has 0 spiro atoms. The molecule has 4 aromatic rings. The van der Waals surface area contributed by atoms with Crippen LogP contribution in [0.15, 0.2) is 103 Å². The molecular formula is C28H26N2O2. The predicted molar refractivity (Wildman–Crippen MR) is 127 cm³/mol. The Morgan fingerprint density at radius 3 is 2.31 bits per heavy atom. The molecule has 0 aliphatic rings. The summed E-state index contributed by atoms with van der Waals surface area (Å²) in [4.78, 5) is 19.6. The minimum atomic E-state index is -0.0280. The largest absolute Gasteiger partial charge is 0.494 e. The molecule has 4 rings (SSSR count). The van der Waals surface area contributed by atoms with Gasteiger partial charge in [-0.15, -0.1) is 0 Å². The topological polar surface area (TPSA) is 42.4 Å². The average molecular weight is 423 g/mol. The van der Waals surface area contributed by atoms with E-state index >= 15 is 0 Å². The van der Waals surface area contributed by atoms with Gasteiger partial charge in [-0.05, 0) is 59.5 Å². The van der Waals surface area contributed by atoms with E-state index in [1.165, 1.54) is 0 Å². The van der Waals surface area contributed by atoms with Gasteiger partial charge in [0.15, 0.2) is 0 Å². The van der Waals surface area contributed by atoms with Crippen molar-refractivity contribution in [2.24, 2.45) is 0 Å². The Hall–Kier alpha value is -3.92. The zero-order valence-corrected chi connectivity index (χ0v) is 18.1. The lowest BCUT2D eigenvalue weighted by molar-refractivity contribution is 0.0730. The molecule has 0 radical (unpaired) electrons. The standard InChI is InChI=1S/C28H26N2O2/c1-2-32-26-16-14-24(15-17-26)28(31)30(20-22-9-8-18-29-19-22)21-25-12-6-7-13-27(25)23-10-4-3-5-11-23/h3-19H,2,20-21H2,1H3. The number of benzene rings is 3. The van der Waals surface area contributed by atoms with Crippen LogP contribution in [-0.4, -0.2) is 22.4 Å². The molecule has 0 saturated heterocycles. The van der Waals surface area contributed by atoms with Crippen molar-refractivity contribution in [3.8, 4) is 16.9 Å². The van der Waals surface area contributed by atoms with Gasteiger partial charge < -0.3 is 9.64 Å². The lowest BCUT2D eigenvalue weighted by Gasteiger charge is -2.24. The number of hydrogen-bond donors (Lipinski definition) is 0. The Balaban J connectivity index is 1.65. The van der Waals surface area contributed by atoms with Crippen LogP contribution in [0.4, 0.5) is 0 Å². The minimum absolute atomic E-state index is 0.0280. The number of aromatic nitrogens is 1. The fraction of sp³-hybridized carbons (Fsp3) is 0.143. The van der Waals surface area contributed by atoms with Gasteiger partial charge in [0.05, 0.1) is 6.61 Å². The summed E-state index contributed by atoms with van der Waals surface area (Å²) in [5.74, 6) is 0.733. The first kappa shape index (κ1) is 21.3. The van der Waals surface area contributed by atoms with Gasteiger partial charge in [0.2, 0.25) is 0 Å². The molecule has 0 fully saturated rings. The molecule has 1 amide bonds. The third-order valence-electron chi connectivity index (χ3n) is 5.26. The van der Waals surface area contributed by atoms with Crippen LogP contribution < -0.4 is 4.74 Å². The second-order valence-corrected chi connectivity index (χ2v) is 7.50. The maximum atomic E-state index is 13.5. The predicted octanol–water partition coefficient (Wildman–Crippen LogP) is 5.99. The van der Waals surface area contributed by atoms with Crippen molar-refractivity contribution in [1.82, 2.24) is 9.88 Å². The third-order valence-corrected chi connectivity index (χ3v) is 5.26. The zero-order chi connectivity index (χ0) is 22.2. The average Bonchev–Trinajstić information content (AvgIpc) is 2.85. The van der Waals surface area contributed by atoms with Gasteiger partial charge in [0.1, 0.15) is 5.75 Å². The highest BCUT2D eigenvalue weighted by Gasteiger charge is 2.19. The van der Waals surface area contributed by atoms with Crippen molar-refractivity contribution in [3.63, 3.8) is 0 Å². The summed E-state index contributed by atoms with van der Waals surface area (Å²) in [5, 5.41) is 0. The molecule has 0 bridgehead atoms. The molecule has 4 heteroatoms. The fourth-order valence-corrected chi connectivity index (χ4v) is 3.72. The normalized spacial score (nSPS) is 10.5. The van der Waals surface area contributed by atoms with Gasteiger partial charge in [-0.2, -0.15) is 0 Å². The first-order chi connectivity index (χ1) is 15.7. The molecule has 4 nitrogen and oxygen atoms in total. The van der Waals surface area contributed by atoms with Crippen LogP contribution in [0.1, 0.15) is 28.4 Å². The summed E-state index contributed by atoms with van der Waals surface area (Å²) in [6.07, 6.45) is 3.55. The molecule has 0 aliphatic heterocycles. The number of carbonyl (C=O) groups is 1. The van der Waals surface area contributed by atoms with Crippen molar-refractivity contribution in [1.29, 1.82) is 0 Å². The molecule has 0 aliphatic carbocycles. The van der Waals surface area contributed by atoms with Crippen molar-refractivity contribution in [3.05, 3.63) is 120 Å². The van der Waals surface area contributed by atoms with Crippen LogP contribution in [0, 0.1) is 0 Å². The van der Waals surface area contributed by atoms with Crippen molar-refractivity contribution in [2.45, 2.75) is 20.0 Å². The zero-order valence-electron chi connectivity index (χ0n) is 18.1. The number of rotatable bonds is 8. The quantitative estimate of drug-likeness (QED) is 0.350. The molecular weight excluding hydrogens is 396 g/mol. The fourth-order valence-electron chi connectivity index (χ4n) is 3.72. The Morgan fingerprint density at radius 1 is 0.844 bits per heavy atom. The lowest BCUT2D eigenvalue weighted by Crippen LogP contribution is -2.30. The van der Waals surface area contributed by atoms with E-state index in [0.717, 1.165) is 28.0 Å². The van der Waals surface area contributed by atoms with Crippen molar-refractivity contribution < 1.29 is 9.53 Å². The molecule has 0 unspecified atom stereocenters. The molecule has 1 aromatic heterocycles. The van der Waals surface area contributed by atoms with E-state index in [1.54, 1.807) is 6.20 Å². The summed E-state index contributed by atoms with van der Waals surface area (Å²) in [5.41, 5.74) is 4.99. The molecule has 1 heterocycles. The van der Waals surface area contributed by atoms with Crippen LogP contribution in [0.25, 0.3) is 11.1 Å². The molecule has 32 heavy (non-hydrogen) atoms. The monoisotopic (exact) mass is 422 g/mol. The Labute approximate surface area is 189 Å². The van der Waals surface area contributed by atoms with E-state index in [1.807, 2.05) is 84.8 Å². The third kappa shape index (κ3) is 5.22. The maximum Gasteiger partial charge on any atom is 0.254 e.